The van der Waals surface area contributed by atoms with Gasteiger partial charge in [0.05, 0.1) is 6.54 Å². The lowest BCUT2D eigenvalue weighted by atomic mass is 10.1. The van der Waals surface area contributed by atoms with Crippen molar-refractivity contribution in [2.75, 3.05) is 67.2 Å². The van der Waals surface area contributed by atoms with Crippen molar-refractivity contribution in [1.29, 1.82) is 0 Å². The van der Waals surface area contributed by atoms with Gasteiger partial charge in [0, 0.05) is 32.0 Å². The summed E-state index contributed by atoms with van der Waals surface area (Å²) in [7, 11) is 6.51. The smallest absolute Gasteiger partial charge is 0.231 e. The van der Waals surface area contributed by atoms with Crippen LogP contribution in [0, 0.1) is 5.92 Å². The van der Waals surface area contributed by atoms with E-state index < -0.39 is 0 Å². The van der Waals surface area contributed by atoms with Crippen LogP contribution in [0.4, 0.5) is 0 Å². The summed E-state index contributed by atoms with van der Waals surface area (Å²) in [5.41, 5.74) is 0. The molecule has 0 radical (unpaired) electrons. The van der Waals surface area contributed by atoms with Crippen LogP contribution in [0.15, 0.2) is 36.4 Å². The first-order valence-electron chi connectivity index (χ1n) is 15.1. The minimum Gasteiger partial charge on any atom is -0.454 e. The zero-order valence-corrected chi connectivity index (χ0v) is 25.9. The van der Waals surface area contributed by atoms with E-state index in [0.29, 0.717) is 38.6 Å². The average molecular weight is 573 g/mol. The van der Waals surface area contributed by atoms with E-state index >= 15 is 0 Å². The fraction of sp³-hybridized carbons (Fsp3) is 0.656. The van der Waals surface area contributed by atoms with Crippen molar-refractivity contribution in [3.8, 4) is 11.5 Å². The molecule has 0 aliphatic carbocycles. The van der Waals surface area contributed by atoms with Crippen molar-refractivity contribution >= 4 is 18.1 Å². The number of likely N-dealkylation sites (tertiary alicyclic amines) is 2. The SMILES string of the molecule is CC1CC(C=CCN2C(=O)CCC2=O)N(CC=O)C1.CCCCN(C)CCCCN(C)C.c1ccc2c(c1)OCO2. The molecule has 0 N–H and O–H groups in total. The lowest BCUT2D eigenvalue weighted by Crippen LogP contribution is -2.31. The van der Waals surface area contributed by atoms with Crippen molar-refractivity contribution in [2.24, 2.45) is 5.92 Å². The number of unbranched alkanes of at least 4 members (excludes halogenated alkanes) is 2. The summed E-state index contributed by atoms with van der Waals surface area (Å²) in [5, 5.41) is 0. The minimum absolute atomic E-state index is 0.0841. The standard InChI is InChI=1S/C14H20N2O3.C11H26N2.C7H6O2/c1-11-9-12(15(10-11)7-8-17)3-2-6-16-13(18)4-5-14(16)19;1-5-6-10-13(4)11-8-7-9-12(2)3;1-2-4-7-6(3-1)8-5-9-7/h2-3,8,11-12H,4-7,9-10H2,1H3;5-11H2,1-4H3;1-4H,5H2. The first kappa shape index (κ1) is 34.5. The molecule has 0 saturated carbocycles. The summed E-state index contributed by atoms with van der Waals surface area (Å²) >= 11 is 0. The third-order valence-electron chi connectivity index (χ3n) is 7.34. The summed E-state index contributed by atoms with van der Waals surface area (Å²) in [6.45, 7) is 10.3. The van der Waals surface area contributed by atoms with Gasteiger partial charge in [-0.05, 0) is 84.5 Å². The molecule has 3 aliphatic rings. The number of hydrogen-bond donors (Lipinski definition) is 0. The Morgan fingerprint density at radius 3 is 2.12 bits per heavy atom. The molecule has 2 unspecified atom stereocenters. The second kappa shape index (κ2) is 19.4. The number of fused-ring (bicyclic) bond motifs is 1. The van der Waals surface area contributed by atoms with Gasteiger partial charge >= 0.3 is 0 Å². The van der Waals surface area contributed by atoms with Gasteiger partial charge in [-0.2, -0.15) is 0 Å². The van der Waals surface area contributed by atoms with Gasteiger partial charge in [-0.3, -0.25) is 19.4 Å². The molecular weight excluding hydrogens is 520 g/mol. The molecule has 3 aliphatic heterocycles. The molecule has 2 saturated heterocycles. The normalized spacial score (nSPS) is 20.0. The number of nitrogens with zero attached hydrogens (tertiary/aromatic N) is 4. The predicted octanol–water partition coefficient (Wildman–Crippen LogP) is 4.08. The van der Waals surface area contributed by atoms with Gasteiger partial charge in [0.25, 0.3) is 0 Å². The summed E-state index contributed by atoms with van der Waals surface area (Å²) < 4.78 is 10.2. The molecule has 2 atom stereocenters. The summed E-state index contributed by atoms with van der Waals surface area (Å²) in [6.07, 6.45) is 11.8. The predicted molar refractivity (Wildman–Crippen MR) is 163 cm³/mol. The van der Waals surface area contributed by atoms with Crippen LogP contribution in [-0.2, 0) is 14.4 Å². The van der Waals surface area contributed by atoms with E-state index in [1.807, 2.05) is 36.4 Å². The Kier molecular flexibility index (Phi) is 16.3. The lowest BCUT2D eigenvalue weighted by Gasteiger charge is -2.19. The Hall–Kier alpha value is -2.75. The zero-order chi connectivity index (χ0) is 30.0. The highest BCUT2D eigenvalue weighted by Crippen LogP contribution is 2.30. The molecule has 0 bridgehead atoms. The molecule has 1 aromatic carbocycles. The molecule has 230 valence electrons. The van der Waals surface area contributed by atoms with E-state index in [2.05, 4.69) is 49.7 Å². The van der Waals surface area contributed by atoms with E-state index in [9.17, 15) is 14.4 Å². The Balaban J connectivity index is 0.000000231. The lowest BCUT2D eigenvalue weighted by molar-refractivity contribution is -0.137. The van der Waals surface area contributed by atoms with Gasteiger partial charge in [-0.1, -0.05) is 44.6 Å². The largest absolute Gasteiger partial charge is 0.454 e. The second-order valence-electron chi connectivity index (χ2n) is 11.4. The summed E-state index contributed by atoms with van der Waals surface area (Å²) in [6, 6.07) is 7.87. The third kappa shape index (κ3) is 13.2. The van der Waals surface area contributed by atoms with Crippen molar-refractivity contribution in [1.82, 2.24) is 19.6 Å². The van der Waals surface area contributed by atoms with Crippen molar-refractivity contribution in [3.63, 3.8) is 0 Å². The molecule has 41 heavy (non-hydrogen) atoms. The van der Waals surface area contributed by atoms with Crippen LogP contribution >= 0.6 is 0 Å². The first-order chi connectivity index (χ1) is 19.7. The van der Waals surface area contributed by atoms with E-state index in [1.165, 1.54) is 50.2 Å². The van der Waals surface area contributed by atoms with E-state index in [0.717, 1.165) is 30.8 Å². The molecule has 2 fully saturated rings. The highest BCUT2D eigenvalue weighted by molar-refractivity contribution is 6.02. The average Bonchev–Trinajstić information content (AvgIpc) is 3.65. The number of imide groups is 1. The molecule has 0 spiro atoms. The summed E-state index contributed by atoms with van der Waals surface area (Å²) in [4.78, 5) is 41.6. The van der Waals surface area contributed by atoms with E-state index in [-0.39, 0.29) is 17.9 Å². The number of amides is 2. The van der Waals surface area contributed by atoms with Crippen LogP contribution < -0.4 is 9.47 Å². The molecule has 9 nitrogen and oxygen atoms in total. The van der Waals surface area contributed by atoms with Crippen LogP contribution in [0.1, 0.15) is 58.8 Å². The number of para-hydroxylation sites is 2. The van der Waals surface area contributed by atoms with Gasteiger partial charge in [0.2, 0.25) is 18.6 Å². The van der Waals surface area contributed by atoms with Crippen molar-refractivity contribution < 1.29 is 23.9 Å². The zero-order valence-electron chi connectivity index (χ0n) is 25.9. The number of aldehydes is 1. The Bertz CT molecular complexity index is 915. The maximum atomic E-state index is 11.4. The molecular formula is C32H52N4O5. The number of carbonyl (C=O) groups excluding carboxylic acids is 3. The number of benzene rings is 1. The fourth-order valence-corrected chi connectivity index (χ4v) is 5.02. The Labute approximate surface area is 247 Å². The quantitative estimate of drug-likeness (QED) is 0.151. The Morgan fingerprint density at radius 1 is 0.927 bits per heavy atom. The van der Waals surface area contributed by atoms with Crippen LogP contribution in [0.2, 0.25) is 0 Å². The van der Waals surface area contributed by atoms with Gasteiger partial charge in [0.15, 0.2) is 11.5 Å². The monoisotopic (exact) mass is 572 g/mol. The van der Waals surface area contributed by atoms with Crippen molar-refractivity contribution in [3.05, 3.63) is 36.4 Å². The highest BCUT2D eigenvalue weighted by atomic mass is 16.7. The van der Waals surface area contributed by atoms with Gasteiger partial charge in [-0.15, -0.1) is 0 Å². The fourth-order valence-electron chi connectivity index (χ4n) is 5.02. The maximum Gasteiger partial charge on any atom is 0.231 e. The third-order valence-corrected chi connectivity index (χ3v) is 7.34. The molecule has 2 amide bonds. The first-order valence-corrected chi connectivity index (χ1v) is 15.1. The number of hydrogen-bond acceptors (Lipinski definition) is 8. The van der Waals surface area contributed by atoms with Gasteiger partial charge in [-0.25, -0.2) is 0 Å². The molecule has 4 rings (SSSR count). The number of rotatable bonds is 13. The van der Waals surface area contributed by atoms with Crippen LogP contribution in [0.3, 0.4) is 0 Å². The van der Waals surface area contributed by atoms with Crippen molar-refractivity contribution in [2.45, 2.75) is 64.8 Å². The highest BCUT2D eigenvalue weighted by Gasteiger charge is 2.29. The van der Waals surface area contributed by atoms with Crippen LogP contribution in [-0.4, -0.2) is 111 Å². The minimum atomic E-state index is -0.0841. The van der Waals surface area contributed by atoms with E-state index in [1.54, 1.807) is 0 Å². The molecule has 0 aromatic heterocycles. The topological polar surface area (TPSA) is 82.6 Å². The molecule has 9 heteroatoms. The molecule has 3 heterocycles. The second-order valence-corrected chi connectivity index (χ2v) is 11.4. The summed E-state index contributed by atoms with van der Waals surface area (Å²) in [5.74, 6) is 2.10. The molecule has 1 aromatic rings. The maximum absolute atomic E-state index is 11.4. The Morgan fingerprint density at radius 2 is 1.54 bits per heavy atom. The van der Waals surface area contributed by atoms with Gasteiger partial charge < -0.3 is 24.1 Å². The van der Waals surface area contributed by atoms with Crippen LogP contribution in [0.5, 0.6) is 11.5 Å². The number of carbonyl (C=O) groups is 3. The number of ether oxygens (including phenoxy) is 2. The van der Waals surface area contributed by atoms with E-state index in [4.69, 9.17) is 9.47 Å². The van der Waals surface area contributed by atoms with Gasteiger partial charge in [0.1, 0.15) is 6.29 Å². The van der Waals surface area contributed by atoms with Crippen LogP contribution in [0.25, 0.3) is 0 Å².